The predicted molar refractivity (Wildman–Crippen MR) is 84.3 cm³/mol. The van der Waals surface area contributed by atoms with Gasteiger partial charge in [0.05, 0.1) is 6.61 Å². The first-order valence-corrected chi connectivity index (χ1v) is 7.60. The molecule has 0 aliphatic rings. The van der Waals surface area contributed by atoms with Crippen molar-refractivity contribution >= 4 is 17.6 Å². The summed E-state index contributed by atoms with van der Waals surface area (Å²) in [7, 11) is 0. The third-order valence-electron chi connectivity index (χ3n) is 3.43. The van der Waals surface area contributed by atoms with Gasteiger partial charge in [0.2, 0.25) is 0 Å². The van der Waals surface area contributed by atoms with E-state index in [9.17, 15) is 9.59 Å². The number of aryl methyl sites for hydroxylation is 2. The van der Waals surface area contributed by atoms with Gasteiger partial charge in [-0.05, 0) is 43.5 Å². The predicted octanol–water partition coefficient (Wildman–Crippen LogP) is 3.76. The maximum Gasteiger partial charge on any atom is 0.397 e. The Morgan fingerprint density at radius 1 is 1.05 bits per heavy atom. The molecule has 0 fully saturated rings. The van der Waals surface area contributed by atoms with Gasteiger partial charge in [-0.2, -0.15) is 0 Å². The van der Waals surface area contributed by atoms with Gasteiger partial charge in [0.1, 0.15) is 0 Å². The minimum Gasteiger partial charge on any atom is -0.459 e. The molecule has 0 atom stereocenters. The van der Waals surface area contributed by atoms with Crippen molar-refractivity contribution in [3.63, 3.8) is 0 Å². The molecule has 0 aromatic heterocycles. The van der Waals surface area contributed by atoms with Crippen molar-refractivity contribution in [1.29, 1.82) is 0 Å². The summed E-state index contributed by atoms with van der Waals surface area (Å²) >= 11 is 0. The summed E-state index contributed by atoms with van der Waals surface area (Å²) in [4.78, 5) is 23.2. The molecule has 0 aliphatic heterocycles. The quantitative estimate of drug-likeness (QED) is 0.473. The zero-order valence-corrected chi connectivity index (χ0v) is 13.2. The van der Waals surface area contributed by atoms with E-state index in [1.54, 1.807) is 6.07 Å². The Balaban J connectivity index is 2.30. The molecule has 0 spiro atoms. The van der Waals surface area contributed by atoms with Crippen molar-refractivity contribution in [1.82, 2.24) is 0 Å². The molecule has 0 aliphatic carbocycles. The van der Waals surface area contributed by atoms with Crippen LogP contribution in [0.15, 0.2) is 18.2 Å². The average molecular weight is 291 g/mol. The number of esters is 1. The van der Waals surface area contributed by atoms with Crippen LogP contribution in [0.2, 0.25) is 0 Å². The number of nitrogens with one attached hydrogen (secondary N) is 1. The molecule has 1 aromatic rings. The molecule has 0 saturated heterocycles. The van der Waals surface area contributed by atoms with Crippen LogP contribution in [0.1, 0.15) is 50.2 Å². The third-order valence-corrected chi connectivity index (χ3v) is 3.43. The molecular weight excluding hydrogens is 266 g/mol. The summed E-state index contributed by atoms with van der Waals surface area (Å²) in [5.74, 6) is -1.53. The molecule has 0 heterocycles. The normalized spacial score (nSPS) is 10.2. The van der Waals surface area contributed by atoms with Crippen molar-refractivity contribution in [2.24, 2.45) is 0 Å². The first kappa shape index (κ1) is 17.2. The highest BCUT2D eigenvalue weighted by Gasteiger charge is 2.15. The van der Waals surface area contributed by atoms with E-state index < -0.39 is 11.9 Å². The van der Waals surface area contributed by atoms with Crippen LogP contribution >= 0.6 is 0 Å². The first-order valence-electron chi connectivity index (χ1n) is 7.60. The number of carbonyl (C=O) groups is 2. The summed E-state index contributed by atoms with van der Waals surface area (Å²) in [5.41, 5.74) is 2.82. The van der Waals surface area contributed by atoms with Crippen LogP contribution in [0, 0.1) is 13.8 Å². The molecule has 1 amide bonds. The van der Waals surface area contributed by atoms with Crippen LogP contribution in [-0.4, -0.2) is 18.5 Å². The zero-order valence-electron chi connectivity index (χ0n) is 13.2. The smallest absolute Gasteiger partial charge is 0.397 e. The zero-order chi connectivity index (χ0) is 15.7. The topological polar surface area (TPSA) is 55.4 Å². The Labute approximate surface area is 126 Å². The summed E-state index contributed by atoms with van der Waals surface area (Å²) in [6.45, 7) is 6.41. The van der Waals surface area contributed by atoms with Crippen molar-refractivity contribution < 1.29 is 14.3 Å². The van der Waals surface area contributed by atoms with Crippen LogP contribution in [0.3, 0.4) is 0 Å². The maximum atomic E-state index is 11.7. The minimum absolute atomic E-state index is 0.308. The van der Waals surface area contributed by atoms with Gasteiger partial charge in [-0.1, -0.05) is 38.7 Å². The summed E-state index contributed by atoms with van der Waals surface area (Å²) < 4.78 is 4.96. The summed E-state index contributed by atoms with van der Waals surface area (Å²) in [6.07, 6.45) is 5.35. The molecule has 4 heteroatoms. The largest absolute Gasteiger partial charge is 0.459 e. The van der Waals surface area contributed by atoms with E-state index in [4.69, 9.17) is 4.74 Å². The number of unbranched alkanes of at least 4 members (excludes halogenated alkanes) is 4. The van der Waals surface area contributed by atoms with Gasteiger partial charge in [-0.15, -0.1) is 0 Å². The molecule has 21 heavy (non-hydrogen) atoms. The molecule has 0 bridgehead atoms. The second-order valence-corrected chi connectivity index (χ2v) is 5.30. The van der Waals surface area contributed by atoms with Gasteiger partial charge in [-0.3, -0.25) is 4.79 Å². The van der Waals surface area contributed by atoms with Crippen LogP contribution in [0.25, 0.3) is 0 Å². The SMILES string of the molecule is CCCCCCCOC(=O)C(=O)Nc1ccc(C)c(C)c1. The Kier molecular flexibility index (Phi) is 7.51. The summed E-state index contributed by atoms with van der Waals surface area (Å²) in [6, 6.07) is 5.52. The fraction of sp³-hybridized carbons (Fsp3) is 0.529. The van der Waals surface area contributed by atoms with Crippen molar-refractivity contribution in [3.05, 3.63) is 29.3 Å². The van der Waals surface area contributed by atoms with Gasteiger partial charge in [0.15, 0.2) is 0 Å². The molecule has 4 nitrogen and oxygen atoms in total. The number of rotatable bonds is 7. The number of benzene rings is 1. The lowest BCUT2D eigenvalue weighted by Crippen LogP contribution is -2.25. The highest BCUT2D eigenvalue weighted by atomic mass is 16.5. The standard InChI is InChI=1S/C17H25NO3/c1-4-5-6-7-8-11-21-17(20)16(19)18-15-10-9-13(2)14(3)12-15/h9-10,12H,4-8,11H2,1-3H3,(H,18,19). The number of anilines is 1. The van der Waals surface area contributed by atoms with Gasteiger partial charge in [-0.25, -0.2) is 4.79 Å². The van der Waals surface area contributed by atoms with E-state index in [0.717, 1.165) is 30.4 Å². The van der Waals surface area contributed by atoms with E-state index in [2.05, 4.69) is 12.2 Å². The van der Waals surface area contributed by atoms with Gasteiger partial charge < -0.3 is 10.1 Å². The van der Waals surface area contributed by atoms with E-state index in [-0.39, 0.29) is 0 Å². The molecule has 116 valence electrons. The van der Waals surface area contributed by atoms with Crippen LogP contribution in [0.5, 0.6) is 0 Å². The number of amides is 1. The maximum absolute atomic E-state index is 11.7. The lowest BCUT2D eigenvalue weighted by molar-refractivity contribution is -0.152. The van der Waals surface area contributed by atoms with Crippen molar-refractivity contribution in [2.45, 2.75) is 52.9 Å². The molecule has 0 radical (unpaired) electrons. The lowest BCUT2D eigenvalue weighted by Gasteiger charge is -2.08. The number of hydrogen-bond acceptors (Lipinski definition) is 3. The molecule has 1 rings (SSSR count). The van der Waals surface area contributed by atoms with Crippen LogP contribution in [-0.2, 0) is 14.3 Å². The van der Waals surface area contributed by atoms with E-state index in [0.29, 0.717) is 12.3 Å². The number of ether oxygens (including phenoxy) is 1. The Bertz CT molecular complexity index is 483. The Morgan fingerprint density at radius 2 is 1.76 bits per heavy atom. The van der Waals surface area contributed by atoms with Gasteiger partial charge in [0.25, 0.3) is 0 Å². The third kappa shape index (κ3) is 6.43. The molecular formula is C17H25NO3. The number of carbonyl (C=O) groups excluding carboxylic acids is 2. The molecule has 0 unspecified atom stereocenters. The molecule has 1 aromatic carbocycles. The van der Waals surface area contributed by atoms with E-state index in [1.807, 2.05) is 26.0 Å². The molecule has 1 N–H and O–H groups in total. The monoisotopic (exact) mass is 291 g/mol. The lowest BCUT2D eigenvalue weighted by atomic mass is 10.1. The van der Waals surface area contributed by atoms with Crippen LogP contribution in [0.4, 0.5) is 5.69 Å². The number of hydrogen-bond donors (Lipinski definition) is 1. The second kappa shape index (κ2) is 9.16. The van der Waals surface area contributed by atoms with Crippen molar-refractivity contribution in [3.8, 4) is 0 Å². The van der Waals surface area contributed by atoms with E-state index >= 15 is 0 Å². The first-order chi connectivity index (χ1) is 10.0. The fourth-order valence-corrected chi connectivity index (χ4v) is 1.94. The molecule has 0 saturated carbocycles. The minimum atomic E-state index is -0.816. The Morgan fingerprint density at radius 3 is 2.43 bits per heavy atom. The summed E-state index contributed by atoms with van der Waals surface area (Å²) in [5, 5.41) is 2.56. The second-order valence-electron chi connectivity index (χ2n) is 5.30. The highest BCUT2D eigenvalue weighted by Crippen LogP contribution is 2.14. The van der Waals surface area contributed by atoms with Crippen LogP contribution < -0.4 is 5.32 Å². The van der Waals surface area contributed by atoms with Gasteiger partial charge >= 0.3 is 11.9 Å². The van der Waals surface area contributed by atoms with Crippen molar-refractivity contribution in [2.75, 3.05) is 11.9 Å². The Hall–Kier alpha value is -1.84. The van der Waals surface area contributed by atoms with Gasteiger partial charge in [0, 0.05) is 5.69 Å². The van der Waals surface area contributed by atoms with E-state index in [1.165, 1.54) is 12.8 Å². The average Bonchev–Trinajstić information content (AvgIpc) is 2.46. The fourth-order valence-electron chi connectivity index (χ4n) is 1.94. The highest BCUT2D eigenvalue weighted by molar-refractivity contribution is 6.37.